The maximum atomic E-state index is 11.7. The average Bonchev–Trinajstić information content (AvgIpc) is 2.35. The Labute approximate surface area is 112 Å². The Bertz CT molecular complexity index is 260. The molecule has 104 valence electrons. The van der Waals surface area contributed by atoms with Crippen LogP contribution >= 0.6 is 0 Å². The second-order valence-electron chi connectivity index (χ2n) is 5.80. The van der Waals surface area contributed by atoms with Gasteiger partial charge in [-0.1, -0.05) is 20.3 Å². The zero-order valence-electron chi connectivity index (χ0n) is 12.0. The lowest BCUT2D eigenvalue weighted by Gasteiger charge is -2.45. The monoisotopic (exact) mass is 252 g/mol. The molecule has 2 saturated heterocycles. The fourth-order valence-corrected chi connectivity index (χ4v) is 3.65. The number of hydrogen-bond donors (Lipinski definition) is 0. The Morgan fingerprint density at radius 2 is 1.78 bits per heavy atom. The topological polar surface area (TPSA) is 23.6 Å². The van der Waals surface area contributed by atoms with E-state index in [0.717, 1.165) is 25.9 Å². The number of fused-ring (bicyclic) bond motifs is 2. The molecule has 0 amide bonds. The minimum atomic E-state index is 0.504. The summed E-state index contributed by atoms with van der Waals surface area (Å²) in [5, 5.41) is 0. The SMILES string of the molecule is CCN(CC)CCCN1C2CCCC1CC(=O)C2. The van der Waals surface area contributed by atoms with Crippen LogP contribution in [-0.2, 0) is 4.79 Å². The van der Waals surface area contributed by atoms with Gasteiger partial charge in [-0.25, -0.2) is 0 Å². The van der Waals surface area contributed by atoms with E-state index in [2.05, 4.69) is 23.6 Å². The molecule has 0 spiro atoms. The fraction of sp³-hybridized carbons (Fsp3) is 0.933. The molecule has 0 aromatic rings. The number of rotatable bonds is 6. The summed E-state index contributed by atoms with van der Waals surface area (Å²) in [4.78, 5) is 16.8. The lowest BCUT2D eigenvalue weighted by molar-refractivity contribution is -0.127. The van der Waals surface area contributed by atoms with Crippen LogP contribution in [0.25, 0.3) is 0 Å². The molecule has 0 N–H and O–H groups in total. The Balaban J connectivity index is 1.80. The van der Waals surface area contributed by atoms with Gasteiger partial charge in [-0.2, -0.15) is 0 Å². The molecule has 2 rings (SSSR count). The first-order chi connectivity index (χ1) is 8.74. The van der Waals surface area contributed by atoms with Gasteiger partial charge < -0.3 is 4.90 Å². The molecule has 2 atom stereocenters. The first-order valence-electron chi connectivity index (χ1n) is 7.74. The standard InChI is InChI=1S/C15H28N2O/c1-3-16(4-2)9-6-10-17-13-7-5-8-14(17)12-15(18)11-13/h13-14H,3-12H2,1-2H3. The lowest BCUT2D eigenvalue weighted by Crippen LogP contribution is -2.52. The van der Waals surface area contributed by atoms with E-state index in [1.165, 1.54) is 38.8 Å². The van der Waals surface area contributed by atoms with Crippen molar-refractivity contribution >= 4 is 5.78 Å². The summed E-state index contributed by atoms with van der Waals surface area (Å²) in [6.45, 7) is 9.18. The van der Waals surface area contributed by atoms with Crippen LogP contribution in [0.3, 0.4) is 0 Å². The van der Waals surface area contributed by atoms with Gasteiger partial charge in [0.25, 0.3) is 0 Å². The van der Waals surface area contributed by atoms with E-state index >= 15 is 0 Å². The molecule has 0 radical (unpaired) electrons. The average molecular weight is 252 g/mol. The van der Waals surface area contributed by atoms with Gasteiger partial charge in [0.2, 0.25) is 0 Å². The zero-order valence-corrected chi connectivity index (χ0v) is 12.0. The van der Waals surface area contributed by atoms with Gasteiger partial charge in [-0.3, -0.25) is 9.69 Å². The molecule has 3 nitrogen and oxygen atoms in total. The van der Waals surface area contributed by atoms with E-state index in [1.807, 2.05) is 0 Å². The predicted octanol–water partition coefficient (Wildman–Crippen LogP) is 2.30. The van der Waals surface area contributed by atoms with Crippen molar-refractivity contribution in [1.29, 1.82) is 0 Å². The summed E-state index contributed by atoms with van der Waals surface area (Å²) in [6, 6.07) is 1.14. The molecule has 0 aliphatic carbocycles. The third-order valence-corrected chi connectivity index (χ3v) is 4.72. The van der Waals surface area contributed by atoms with Crippen LogP contribution in [-0.4, -0.2) is 53.8 Å². The van der Waals surface area contributed by atoms with Crippen LogP contribution < -0.4 is 0 Å². The van der Waals surface area contributed by atoms with Gasteiger partial charge in [-0.15, -0.1) is 0 Å². The largest absolute Gasteiger partial charge is 0.304 e. The molecule has 2 aliphatic rings. The molecule has 0 saturated carbocycles. The van der Waals surface area contributed by atoms with E-state index in [9.17, 15) is 4.79 Å². The van der Waals surface area contributed by atoms with Gasteiger partial charge in [0.05, 0.1) is 0 Å². The Morgan fingerprint density at radius 3 is 2.33 bits per heavy atom. The van der Waals surface area contributed by atoms with Gasteiger partial charge in [0, 0.05) is 24.9 Å². The summed E-state index contributed by atoms with van der Waals surface area (Å²) >= 11 is 0. The highest BCUT2D eigenvalue weighted by atomic mass is 16.1. The van der Waals surface area contributed by atoms with E-state index in [-0.39, 0.29) is 0 Å². The van der Waals surface area contributed by atoms with Crippen LogP contribution in [0.1, 0.15) is 52.4 Å². The number of hydrogen-bond acceptors (Lipinski definition) is 3. The Kier molecular flexibility index (Phi) is 5.19. The molecule has 2 unspecified atom stereocenters. The van der Waals surface area contributed by atoms with Crippen molar-refractivity contribution in [2.24, 2.45) is 0 Å². The summed E-state index contributed by atoms with van der Waals surface area (Å²) in [5.41, 5.74) is 0. The van der Waals surface area contributed by atoms with Crippen molar-refractivity contribution in [2.75, 3.05) is 26.2 Å². The van der Waals surface area contributed by atoms with Gasteiger partial charge >= 0.3 is 0 Å². The minimum Gasteiger partial charge on any atom is -0.304 e. The third-order valence-electron chi connectivity index (χ3n) is 4.72. The second-order valence-corrected chi connectivity index (χ2v) is 5.80. The van der Waals surface area contributed by atoms with Crippen molar-refractivity contribution in [2.45, 2.75) is 64.5 Å². The summed E-state index contributed by atoms with van der Waals surface area (Å²) in [6.07, 6.45) is 6.71. The van der Waals surface area contributed by atoms with Gasteiger partial charge in [-0.05, 0) is 45.4 Å². The number of nitrogens with zero attached hydrogens (tertiary/aromatic N) is 2. The Hall–Kier alpha value is -0.410. The van der Waals surface area contributed by atoms with Crippen molar-refractivity contribution < 1.29 is 4.79 Å². The van der Waals surface area contributed by atoms with Crippen LogP contribution in [0.5, 0.6) is 0 Å². The number of piperidine rings is 2. The highest BCUT2D eigenvalue weighted by Crippen LogP contribution is 2.32. The van der Waals surface area contributed by atoms with Crippen molar-refractivity contribution in [1.82, 2.24) is 9.80 Å². The molecule has 2 heterocycles. The maximum absolute atomic E-state index is 11.7. The first kappa shape index (κ1) is 14.0. The first-order valence-corrected chi connectivity index (χ1v) is 7.74. The highest BCUT2D eigenvalue weighted by molar-refractivity contribution is 5.80. The van der Waals surface area contributed by atoms with Crippen molar-refractivity contribution in [3.8, 4) is 0 Å². The smallest absolute Gasteiger partial charge is 0.136 e. The zero-order chi connectivity index (χ0) is 13.0. The van der Waals surface area contributed by atoms with Crippen LogP contribution in [0, 0.1) is 0 Å². The van der Waals surface area contributed by atoms with Crippen molar-refractivity contribution in [3.05, 3.63) is 0 Å². The molecule has 0 aromatic carbocycles. The normalized spacial score (nSPS) is 28.9. The molecule has 2 fully saturated rings. The summed E-state index contributed by atoms with van der Waals surface area (Å²) in [5.74, 6) is 0.504. The van der Waals surface area contributed by atoms with Crippen LogP contribution in [0.15, 0.2) is 0 Å². The lowest BCUT2D eigenvalue weighted by atomic mass is 9.83. The predicted molar refractivity (Wildman–Crippen MR) is 74.8 cm³/mol. The van der Waals surface area contributed by atoms with Crippen LogP contribution in [0.4, 0.5) is 0 Å². The fourth-order valence-electron chi connectivity index (χ4n) is 3.65. The molecule has 2 bridgehead atoms. The third kappa shape index (κ3) is 3.33. The molecular weight excluding hydrogens is 224 g/mol. The number of carbonyl (C=O) groups is 1. The molecule has 18 heavy (non-hydrogen) atoms. The molecule has 2 aliphatic heterocycles. The van der Waals surface area contributed by atoms with Gasteiger partial charge in [0.15, 0.2) is 0 Å². The van der Waals surface area contributed by atoms with E-state index < -0.39 is 0 Å². The van der Waals surface area contributed by atoms with E-state index in [4.69, 9.17) is 0 Å². The molecule has 0 aromatic heterocycles. The summed E-state index contributed by atoms with van der Waals surface area (Å²) in [7, 11) is 0. The van der Waals surface area contributed by atoms with Crippen molar-refractivity contribution in [3.63, 3.8) is 0 Å². The second kappa shape index (κ2) is 6.67. The Morgan fingerprint density at radius 1 is 1.17 bits per heavy atom. The van der Waals surface area contributed by atoms with E-state index in [1.54, 1.807) is 0 Å². The maximum Gasteiger partial charge on any atom is 0.136 e. The molecule has 3 heteroatoms. The number of carbonyl (C=O) groups excluding carboxylic acids is 1. The quantitative estimate of drug-likeness (QED) is 0.725. The molecular formula is C15H28N2O. The summed E-state index contributed by atoms with van der Waals surface area (Å²) < 4.78 is 0. The highest BCUT2D eigenvalue weighted by Gasteiger charge is 2.36. The minimum absolute atomic E-state index is 0.504. The number of ketones is 1. The number of Topliss-reactive ketones (excluding diaryl/α,β-unsaturated/α-hetero) is 1. The van der Waals surface area contributed by atoms with E-state index in [0.29, 0.717) is 17.9 Å². The van der Waals surface area contributed by atoms with Crippen LogP contribution in [0.2, 0.25) is 0 Å². The van der Waals surface area contributed by atoms with Gasteiger partial charge in [0.1, 0.15) is 5.78 Å².